The van der Waals surface area contributed by atoms with E-state index in [-0.39, 0.29) is 5.91 Å². The molecule has 1 aliphatic rings. The molecule has 23 heavy (non-hydrogen) atoms. The van der Waals surface area contributed by atoms with Crippen molar-refractivity contribution in [3.05, 3.63) is 34.1 Å². The first-order chi connectivity index (χ1) is 11.3. The summed E-state index contributed by atoms with van der Waals surface area (Å²) in [5, 5.41) is 9.37. The van der Waals surface area contributed by atoms with E-state index in [0.717, 1.165) is 56.0 Å². The van der Waals surface area contributed by atoms with Gasteiger partial charge >= 0.3 is 0 Å². The van der Waals surface area contributed by atoms with Gasteiger partial charge in [0.25, 0.3) is 5.91 Å². The zero-order valence-electron chi connectivity index (χ0n) is 13.3. The molecule has 3 heterocycles. The molecular formula is C16H22N4O2S. The van der Waals surface area contributed by atoms with Crippen molar-refractivity contribution in [1.82, 2.24) is 20.4 Å². The van der Waals surface area contributed by atoms with Gasteiger partial charge in [-0.1, -0.05) is 18.1 Å². The lowest BCUT2D eigenvalue weighted by Gasteiger charge is -2.32. The zero-order valence-corrected chi connectivity index (χ0v) is 14.1. The van der Waals surface area contributed by atoms with Crippen LogP contribution in [0.25, 0.3) is 0 Å². The molecule has 0 aromatic carbocycles. The monoisotopic (exact) mass is 334 g/mol. The minimum absolute atomic E-state index is 0.163. The summed E-state index contributed by atoms with van der Waals surface area (Å²) in [7, 11) is 0. The summed E-state index contributed by atoms with van der Waals surface area (Å²) in [5.74, 6) is 1.62. The number of piperidine rings is 1. The largest absolute Gasteiger partial charge is 0.339 e. The summed E-state index contributed by atoms with van der Waals surface area (Å²) < 4.78 is 5.18. The van der Waals surface area contributed by atoms with Gasteiger partial charge in [-0.15, -0.1) is 11.3 Å². The van der Waals surface area contributed by atoms with Gasteiger partial charge in [0.15, 0.2) is 5.82 Å². The van der Waals surface area contributed by atoms with Crippen molar-refractivity contribution in [2.75, 3.05) is 19.6 Å². The summed E-state index contributed by atoms with van der Waals surface area (Å²) in [6.07, 6.45) is 3.53. The van der Waals surface area contributed by atoms with Crippen LogP contribution < -0.4 is 5.32 Å². The van der Waals surface area contributed by atoms with E-state index in [4.69, 9.17) is 4.52 Å². The van der Waals surface area contributed by atoms with Gasteiger partial charge in [-0.3, -0.25) is 4.79 Å². The molecule has 0 atom stereocenters. The number of likely N-dealkylation sites (tertiary alicyclic amines) is 1. The minimum atomic E-state index is 0.163. The molecule has 0 bridgehead atoms. The zero-order chi connectivity index (χ0) is 16.1. The maximum atomic E-state index is 12.3. The SMILES string of the molecule is CCc1noc(CCNC2CCN(C(=O)c3cccs3)CC2)n1. The average molecular weight is 334 g/mol. The maximum Gasteiger partial charge on any atom is 0.263 e. The van der Waals surface area contributed by atoms with Gasteiger partial charge in [0, 0.05) is 38.5 Å². The normalized spacial score (nSPS) is 16.0. The van der Waals surface area contributed by atoms with Crippen molar-refractivity contribution in [1.29, 1.82) is 0 Å². The van der Waals surface area contributed by atoms with Crippen LogP contribution >= 0.6 is 11.3 Å². The van der Waals surface area contributed by atoms with Crippen LogP contribution in [-0.2, 0) is 12.8 Å². The topological polar surface area (TPSA) is 71.3 Å². The van der Waals surface area contributed by atoms with Crippen LogP contribution in [0.5, 0.6) is 0 Å². The van der Waals surface area contributed by atoms with E-state index in [1.54, 1.807) is 0 Å². The Hall–Kier alpha value is -1.73. The van der Waals surface area contributed by atoms with Crippen molar-refractivity contribution >= 4 is 17.2 Å². The number of carbonyl (C=O) groups excluding carboxylic acids is 1. The van der Waals surface area contributed by atoms with E-state index < -0.39 is 0 Å². The second-order valence-electron chi connectivity index (χ2n) is 5.71. The second kappa shape index (κ2) is 7.70. The number of aromatic nitrogens is 2. The van der Waals surface area contributed by atoms with Gasteiger partial charge < -0.3 is 14.7 Å². The molecule has 2 aromatic rings. The Morgan fingerprint density at radius 1 is 1.48 bits per heavy atom. The number of amides is 1. The molecule has 2 aromatic heterocycles. The fourth-order valence-corrected chi connectivity index (χ4v) is 3.45. The predicted molar refractivity (Wildman–Crippen MR) is 88.6 cm³/mol. The number of thiophene rings is 1. The third-order valence-corrected chi connectivity index (χ3v) is 4.97. The number of hydrogen-bond donors (Lipinski definition) is 1. The Labute approximate surface area is 139 Å². The van der Waals surface area contributed by atoms with Crippen LogP contribution in [0.4, 0.5) is 0 Å². The van der Waals surface area contributed by atoms with Gasteiger partial charge in [0.2, 0.25) is 5.89 Å². The third-order valence-electron chi connectivity index (χ3n) is 4.11. The molecular weight excluding hydrogens is 312 g/mol. The van der Waals surface area contributed by atoms with E-state index in [0.29, 0.717) is 11.9 Å². The number of rotatable bonds is 6. The lowest BCUT2D eigenvalue weighted by Crippen LogP contribution is -2.45. The van der Waals surface area contributed by atoms with Crippen molar-refractivity contribution in [2.24, 2.45) is 0 Å². The van der Waals surface area contributed by atoms with Crippen LogP contribution in [0.1, 0.15) is 41.2 Å². The lowest BCUT2D eigenvalue weighted by atomic mass is 10.0. The summed E-state index contributed by atoms with van der Waals surface area (Å²) in [5.41, 5.74) is 0. The second-order valence-corrected chi connectivity index (χ2v) is 6.65. The molecule has 0 unspecified atom stereocenters. The first kappa shape index (κ1) is 16.1. The molecule has 0 saturated carbocycles. The van der Waals surface area contributed by atoms with E-state index in [1.165, 1.54) is 11.3 Å². The fraction of sp³-hybridized carbons (Fsp3) is 0.562. The molecule has 3 rings (SSSR count). The highest BCUT2D eigenvalue weighted by Crippen LogP contribution is 2.17. The van der Waals surface area contributed by atoms with Gasteiger partial charge in [-0.2, -0.15) is 4.98 Å². The third kappa shape index (κ3) is 4.17. The summed E-state index contributed by atoms with van der Waals surface area (Å²) >= 11 is 1.51. The summed E-state index contributed by atoms with van der Waals surface area (Å²) in [6, 6.07) is 4.27. The molecule has 1 N–H and O–H groups in total. The van der Waals surface area contributed by atoms with Crippen LogP contribution in [0.3, 0.4) is 0 Å². The molecule has 6 nitrogen and oxygen atoms in total. The van der Waals surface area contributed by atoms with Crippen LogP contribution in [-0.4, -0.2) is 46.6 Å². The maximum absolute atomic E-state index is 12.3. The number of hydrogen-bond acceptors (Lipinski definition) is 6. The molecule has 1 saturated heterocycles. The molecule has 0 radical (unpaired) electrons. The van der Waals surface area contributed by atoms with E-state index in [9.17, 15) is 4.79 Å². The highest BCUT2D eigenvalue weighted by molar-refractivity contribution is 7.12. The van der Waals surface area contributed by atoms with Crippen molar-refractivity contribution in [3.8, 4) is 0 Å². The minimum Gasteiger partial charge on any atom is -0.339 e. The smallest absolute Gasteiger partial charge is 0.263 e. The van der Waals surface area contributed by atoms with Crippen LogP contribution in [0.2, 0.25) is 0 Å². The lowest BCUT2D eigenvalue weighted by molar-refractivity contribution is 0.0710. The highest BCUT2D eigenvalue weighted by Gasteiger charge is 2.23. The first-order valence-corrected chi connectivity index (χ1v) is 9.02. The highest BCUT2D eigenvalue weighted by atomic mass is 32.1. The van der Waals surface area contributed by atoms with Gasteiger partial charge in [-0.25, -0.2) is 0 Å². The number of nitrogens with one attached hydrogen (secondary N) is 1. The Balaban J connectivity index is 1.38. The van der Waals surface area contributed by atoms with E-state index in [2.05, 4.69) is 15.5 Å². The molecule has 1 amide bonds. The first-order valence-electron chi connectivity index (χ1n) is 8.14. The van der Waals surface area contributed by atoms with Crippen molar-refractivity contribution in [3.63, 3.8) is 0 Å². The summed E-state index contributed by atoms with van der Waals surface area (Å²) in [4.78, 5) is 19.4. The molecule has 124 valence electrons. The quantitative estimate of drug-likeness (QED) is 0.876. The fourth-order valence-electron chi connectivity index (χ4n) is 2.76. The molecule has 1 fully saturated rings. The van der Waals surface area contributed by atoms with Gasteiger partial charge in [0.05, 0.1) is 4.88 Å². The van der Waals surface area contributed by atoms with Crippen molar-refractivity contribution in [2.45, 2.75) is 38.6 Å². The van der Waals surface area contributed by atoms with Crippen molar-refractivity contribution < 1.29 is 9.32 Å². The van der Waals surface area contributed by atoms with E-state index >= 15 is 0 Å². The van der Waals surface area contributed by atoms with Gasteiger partial charge in [0.1, 0.15) is 0 Å². The average Bonchev–Trinajstić information content (AvgIpc) is 3.26. The summed E-state index contributed by atoms with van der Waals surface area (Å²) in [6.45, 7) is 4.47. The molecule has 0 aliphatic carbocycles. The van der Waals surface area contributed by atoms with E-state index in [1.807, 2.05) is 29.3 Å². The number of nitrogens with zero attached hydrogens (tertiary/aromatic N) is 3. The molecule has 0 spiro atoms. The van der Waals surface area contributed by atoms with Crippen LogP contribution in [0, 0.1) is 0 Å². The Morgan fingerprint density at radius 3 is 2.96 bits per heavy atom. The number of aryl methyl sites for hydroxylation is 1. The molecule has 1 aliphatic heterocycles. The Bertz CT molecular complexity index is 618. The Kier molecular flexibility index (Phi) is 5.40. The van der Waals surface area contributed by atoms with Gasteiger partial charge in [-0.05, 0) is 24.3 Å². The standard InChI is InChI=1S/C16H22N4O2S/c1-2-14-18-15(22-19-14)5-8-17-12-6-9-20(10-7-12)16(21)13-4-3-11-23-13/h3-4,11-12,17H,2,5-10H2,1H3. The van der Waals surface area contributed by atoms with Crippen LogP contribution in [0.15, 0.2) is 22.0 Å². The molecule has 7 heteroatoms. The number of carbonyl (C=O) groups is 1. The predicted octanol–water partition coefficient (Wildman–Crippen LogP) is 2.13. The Morgan fingerprint density at radius 2 is 2.30 bits per heavy atom.